The van der Waals surface area contributed by atoms with Crippen molar-refractivity contribution in [2.24, 2.45) is 0 Å². The molecule has 2 aromatic carbocycles. The average molecular weight is 323 g/mol. The lowest BCUT2D eigenvalue weighted by molar-refractivity contribution is 0.220. The summed E-state index contributed by atoms with van der Waals surface area (Å²) in [5.41, 5.74) is 2.52. The highest BCUT2D eigenvalue weighted by Gasteiger charge is 2.32. The van der Waals surface area contributed by atoms with Gasteiger partial charge in [0.25, 0.3) is 0 Å². The Morgan fingerprint density at radius 3 is 2.62 bits per heavy atom. The number of benzene rings is 2. The van der Waals surface area contributed by atoms with Gasteiger partial charge in [0.15, 0.2) is 0 Å². The molecular formula is C17H16Cl2O2. The minimum atomic E-state index is -0.781. The fraction of sp³-hybridized carbons (Fsp3) is 0.294. The SMILES string of the molecule is CC1(C)COc2ccc(C(O)c3ccc(Cl)cc3Cl)cc21. The van der Waals surface area contributed by atoms with E-state index in [1.54, 1.807) is 18.2 Å². The Bertz CT molecular complexity index is 695. The van der Waals surface area contributed by atoms with E-state index in [9.17, 15) is 5.11 Å². The number of aliphatic hydroxyl groups excluding tert-OH is 1. The molecule has 1 aliphatic rings. The maximum atomic E-state index is 10.6. The number of fused-ring (bicyclic) bond motifs is 1. The van der Waals surface area contributed by atoms with Crippen LogP contribution in [0.5, 0.6) is 5.75 Å². The van der Waals surface area contributed by atoms with Crippen molar-refractivity contribution in [1.29, 1.82) is 0 Å². The molecule has 0 fully saturated rings. The van der Waals surface area contributed by atoms with Crippen molar-refractivity contribution in [2.45, 2.75) is 25.4 Å². The number of halogens is 2. The third kappa shape index (κ3) is 2.64. The van der Waals surface area contributed by atoms with Crippen LogP contribution in [-0.2, 0) is 5.41 Å². The molecule has 1 aliphatic heterocycles. The lowest BCUT2D eigenvalue weighted by atomic mass is 9.85. The molecule has 0 spiro atoms. The Hall–Kier alpha value is -1.22. The molecule has 4 heteroatoms. The molecular weight excluding hydrogens is 307 g/mol. The topological polar surface area (TPSA) is 29.5 Å². The summed E-state index contributed by atoms with van der Waals surface area (Å²) < 4.78 is 5.67. The summed E-state index contributed by atoms with van der Waals surface area (Å²) in [6.07, 6.45) is -0.781. The summed E-state index contributed by atoms with van der Waals surface area (Å²) in [4.78, 5) is 0. The Kier molecular flexibility index (Phi) is 3.64. The van der Waals surface area contributed by atoms with Crippen molar-refractivity contribution < 1.29 is 9.84 Å². The highest BCUT2D eigenvalue weighted by Crippen LogP contribution is 2.40. The fourth-order valence-electron chi connectivity index (χ4n) is 2.61. The largest absolute Gasteiger partial charge is 0.492 e. The van der Waals surface area contributed by atoms with Crippen LogP contribution in [0.15, 0.2) is 36.4 Å². The van der Waals surface area contributed by atoms with Crippen LogP contribution >= 0.6 is 23.2 Å². The second-order valence-corrected chi connectivity index (χ2v) is 6.84. The van der Waals surface area contributed by atoms with Crippen molar-refractivity contribution in [3.63, 3.8) is 0 Å². The van der Waals surface area contributed by atoms with Gasteiger partial charge >= 0.3 is 0 Å². The number of ether oxygens (including phenoxy) is 1. The van der Waals surface area contributed by atoms with Gasteiger partial charge in [-0.05, 0) is 29.8 Å². The van der Waals surface area contributed by atoms with E-state index >= 15 is 0 Å². The highest BCUT2D eigenvalue weighted by atomic mass is 35.5. The van der Waals surface area contributed by atoms with Gasteiger partial charge in [0.1, 0.15) is 11.9 Å². The molecule has 0 aliphatic carbocycles. The molecule has 2 aromatic rings. The van der Waals surface area contributed by atoms with Crippen molar-refractivity contribution in [3.05, 3.63) is 63.1 Å². The third-order valence-corrected chi connectivity index (χ3v) is 4.46. The molecule has 0 bridgehead atoms. The Labute approximate surface area is 134 Å². The predicted octanol–water partition coefficient (Wildman–Crippen LogP) is 4.75. The molecule has 21 heavy (non-hydrogen) atoms. The number of hydrogen-bond donors (Lipinski definition) is 1. The molecule has 1 unspecified atom stereocenters. The van der Waals surface area contributed by atoms with Gasteiger partial charge in [0, 0.05) is 26.6 Å². The Morgan fingerprint density at radius 2 is 1.90 bits per heavy atom. The van der Waals surface area contributed by atoms with Gasteiger partial charge in [-0.1, -0.05) is 49.2 Å². The fourth-order valence-corrected chi connectivity index (χ4v) is 3.12. The zero-order valence-corrected chi connectivity index (χ0v) is 13.4. The lowest BCUT2D eigenvalue weighted by Gasteiger charge is -2.18. The first-order chi connectivity index (χ1) is 9.88. The van der Waals surface area contributed by atoms with Crippen LogP contribution in [0.2, 0.25) is 10.0 Å². The first kappa shape index (κ1) is 14.7. The maximum absolute atomic E-state index is 10.6. The monoisotopic (exact) mass is 322 g/mol. The number of hydrogen-bond acceptors (Lipinski definition) is 2. The molecule has 2 nitrogen and oxygen atoms in total. The van der Waals surface area contributed by atoms with Gasteiger partial charge < -0.3 is 9.84 Å². The van der Waals surface area contributed by atoms with Crippen LogP contribution in [-0.4, -0.2) is 11.7 Å². The van der Waals surface area contributed by atoms with E-state index < -0.39 is 6.10 Å². The van der Waals surface area contributed by atoms with Crippen LogP contribution in [0, 0.1) is 0 Å². The summed E-state index contributed by atoms with van der Waals surface area (Å²) in [5, 5.41) is 11.6. The van der Waals surface area contributed by atoms with Crippen LogP contribution in [0.25, 0.3) is 0 Å². The molecule has 0 radical (unpaired) electrons. The minimum Gasteiger partial charge on any atom is -0.492 e. The van der Waals surface area contributed by atoms with Crippen LogP contribution in [0.3, 0.4) is 0 Å². The van der Waals surface area contributed by atoms with Crippen LogP contribution in [0.1, 0.15) is 36.6 Å². The van der Waals surface area contributed by atoms with E-state index in [0.29, 0.717) is 22.2 Å². The van der Waals surface area contributed by atoms with Crippen molar-refractivity contribution >= 4 is 23.2 Å². The van der Waals surface area contributed by atoms with Gasteiger partial charge in [-0.25, -0.2) is 0 Å². The number of aliphatic hydroxyl groups is 1. The van der Waals surface area contributed by atoms with E-state index in [4.69, 9.17) is 27.9 Å². The zero-order chi connectivity index (χ0) is 15.2. The summed E-state index contributed by atoms with van der Waals surface area (Å²) in [6.45, 7) is 4.91. The summed E-state index contributed by atoms with van der Waals surface area (Å²) >= 11 is 12.1. The highest BCUT2D eigenvalue weighted by molar-refractivity contribution is 6.35. The molecule has 0 aromatic heterocycles. The van der Waals surface area contributed by atoms with E-state index in [2.05, 4.69) is 13.8 Å². The van der Waals surface area contributed by atoms with Crippen molar-refractivity contribution in [1.82, 2.24) is 0 Å². The van der Waals surface area contributed by atoms with Crippen molar-refractivity contribution in [2.75, 3.05) is 6.61 Å². The Morgan fingerprint density at radius 1 is 1.14 bits per heavy atom. The second-order valence-electron chi connectivity index (χ2n) is 6.00. The van der Waals surface area contributed by atoms with Gasteiger partial charge in [-0.15, -0.1) is 0 Å². The van der Waals surface area contributed by atoms with Crippen molar-refractivity contribution in [3.8, 4) is 5.75 Å². The molecule has 0 saturated heterocycles. The van der Waals surface area contributed by atoms with E-state index in [1.807, 2.05) is 18.2 Å². The summed E-state index contributed by atoms with van der Waals surface area (Å²) in [6, 6.07) is 10.9. The molecule has 1 N–H and O–H groups in total. The Balaban J connectivity index is 2.01. The van der Waals surface area contributed by atoms with E-state index in [1.165, 1.54) is 0 Å². The van der Waals surface area contributed by atoms with Gasteiger partial charge in [0.05, 0.1) is 6.61 Å². The van der Waals surface area contributed by atoms with Crippen LogP contribution in [0.4, 0.5) is 0 Å². The van der Waals surface area contributed by atoms with Gasteiger partial charge in [-0.2, -0.15) is 0 Å². The molecule has 0 amide bonds. The molecule has 0 saturated carbocycles. The second kappa shape index (κ2) is 5.20. The predicted molar refractivity (Wildman–Crippen MR) is 85.5 cm³/mol. The number of rotatable bonds is 2. The molecule has 1 atom stereocenters. The minimum absolute atomic E-state index is 0.0468. The third-order valence-electron chi connectivity index (χ3n) is 3.89. The maximum Gasteiger partial charge on any atom is 0.123 e. The quantitative estimate of drug-likeness (QED) is 0.864. The zero-order valence-electron chi connectivity index (χ0n) is 11.9. The van der Waals surface area contributed by atoms with E-state index in [-0.39, 0.29) is 5.41 Å². The smallest absolute Gasteiger partial charge is 0.123 e. The van der Waals surface area contributed by atoms with E-state index in [0.717, 1.165) is 16.9 Å². The first-order valence-electron chi connectivity index (χ1n) is 6.79. The van der Waals surface area contributed by atoms with Gasteiger partial charge in [-0.3, -0.25) is 0 Å². The summed E-state index contributed by atoms with van der Waals surface area (Å²) in [7, 11) is 0. The molecule has 1 heterocycles. The standard InChI is InChI=1S/C17H16Cl2O2/c1-17(2)9-21-15-6-3-10(7-13(15)17)16(20)12-5-4-11(18)8-14(12)19/h3-8,16,20H,9H2,1-2H3. The molecule has 110 valence electrons. The van der Waals surface area contributed by atoms with Crippen LogP contribution < -0.4 is 4.74 Å². The lowest BCUT2D eigenvalue weighted by Crippen LogP contribution is -2.18. The van der Waals surface area contributed by atoms with Gasteiger partial charge in [0.2, 0.25) is 0 Å². The first-order valence-corrected chi connectivity index (χ1v) is 7.54. The average Bonchev–Trinajstić information content (AvgIpc) is 2.74. The molecule has 3 rings (SSSR count). The normalized spacial score (nSPS) is 17.2. The summed E-state index contributed by atoms with van der Waals surface area (Å²) in [5.74, 6) is 0.887.